The zero-order chi connectivity index (χ0) is 13.9. The Balaban J connectivity index is 1.88. The zero-order valence-corrected chi connectivity index (χ0v) is 12.2. The van der Waals surface area contributed by atoms with Crippen molar-refractivity contribution in [3.8, 4) is 0 Å². The van der Waals surface area contributed by atoms with Crippen LogP contribution in [0.15, 0.2) is 48.0 Å². The Morgan fingerprint density at radius 3 is 3.00 bits per heavy atom. The van der Waals surface area contributed by atoms with Crippen LogP contribution < -0.4 is 11.3 Å². The van der Waals surface area contributed by atoms with Crippen molar-refractivity contribution >= 4 is 21.6 Å². The largest absolute Gasteiger partial charge is 0.271 e. The summed E-state index contributed by atoms with van der Waals surface area (Å²) in [6.07, 6.45) is 2.77. The second-order valence-electron chi connectivity index (χ2n) is 4.99. The van der Waals surface area contributed by atoms with Crippen LogP contribution in [0, 0.1) is 6.92 Å². The minimum atomic E-state index is 0.0794. The van der Waals surface area contributed by atoms with Gasteiger partial charge >= 0.3 is 0 Å². The Morgan fingerprint density at radius 1 is 1.30 bits per heavy atom. The van der Waals surface area contributed by atoms with Gasteiger partial charge in [-0.1, -0.05) is 29.8 Å². The first-order valence-corrected chi connectivity index (χ1v) is 7.49. The summed E-state index contributed by atoms with van der Waals surface area (Å²) in [4.78, 5) is 4.48. The molecule has 3 rings (SSSR count). The van der Waals surface area contributed by atoms with Gasteiger partial charge in [0.1, 0.15) is 0 Å². The molecular weight excluding hydrogens is 266 g/mol. The number of rotatable bonds is 4. The van der Waals surface area contributed by atoms with Crippen LogP contribution in [0.4, 0.5) is 0 Å². The minimum absolute atomic E-state index is 0.0794. The molecule has 102 valence electrons. The van der Waals surface area contributed by atoms with E-state index in [-0.39, 0.29) is 6.04 Å². The summed E-state index contributed by atoms with van der Waals surface area (Å²) >= 11 is 1.71. The number of hydrazine groups is 1. The van der Waals surface area contributed by atoms with E-state index in [1.54, 1.807) is 11.3 Å². The molecule has 0 amide bonds. The molecule has 0 aliphatic carbocycles. The number of nitrogens with two attached hydrogens (primary N) is 1. The van der Waals surface area contributed by atoms with Gasteiger partial charge in [0.15, 0.2) is 0 Å². The number of pyridine rings is 1. The number of thiophene rings is 1. The lowest BCUT2D eigenvalue weighted by Crippen LogP contribution is -2.29. The summed E-state index contributed by atoms with van der Waals surface area (Å²) in [5, 5.41) is 2.06. The van der Waals surface area contributed by atoms with E-state index in [4.69, 9.17) is 5.84 Å². The molecule has 0 saturated heterocycles. The molecule has 1 atom stereocenters. The first-order valence-electron chi connectivity index (χ1n) is 6.61. The molecular formula is C16H17N3S. The Morgan fingerprint density at radius 2 is 2.20 bits per heavy atom. The van der Waals surface area contributed by atoms with Crippen LogP contribution in [0.5, 0.6) is 0 Å². The van der Waals surface area contributed by atoms with Crippen LogP contribution in [0.3, 0.4) is 0 Å². The van der Waals surface area contributed by atoms with Gasteiger partial charge in [-0.2, -0.15) is 0 Å². The van der Waals surface area contributed by atoms with E-state index in [0.717, 1.165) is 17.5 Å². The molecule has 0 spiro atoms. The summed E-state index contributed by atoms with van der Waals surface area (Å²) in [7, 11) is 0. The number of nitrogens with one attached hydrogen (secondary N) is 1. The normalized spacial score (nSPS) is 12.7. The molecule has 2 aromatic heterocycles. The Labute approximate surface area is 122 Å². The van der Waals surface area contributed by atoms with Crippen molar-refractivity contribution in [2.45, 2.75) is 19.4 Å². The molecule has 2 heterocycles. The van der Waals surface area contributed by atoms with Gasteiger partial charge in [-0.15, -0.1) is 11.3 Å². The maximum atomic E-state index is 5.74. The van der Waals surface area contributed by atoms with E-state index in [2.05, 4.69) is 53.0 Å². The highest BCUT2D eigenvalue weighted by atomic mass is 32.1. The van der Waals surface area contributed by atoms with Gasteiger partial charge in [0.05, 0.1) is 16.3 Å². The number of hydrogen-bond acceptors (Lipinski definition) is 4. The maximum absolute atomic E-state index is 5.74. The van der Waals surface area contributed by atoms with Crippen LogP contribution in [0.2, 0.25) is 0 Å². The summed E-state index contributed by atoms with van der Waals surface area (Å²) in [5.41, 5.74) is 7.63. The van der Waals surface area contributed by atoms with E-state index >= 15 is 0 Å². The molecule has 4 heteroatoms. The Bertz CT molecular complexity index is 720. The summed E-state index contributed by atoms with van der Waals surface area (Å²) in [6, 6.07) is 12.8. The number of aromatic nitrogens is 1. The molecule has 3 aromatic rings. The number of benzene rings is 1. The third-order valence-corrected chi connectivity index (χ3v) is 4.30. The lowest BCUT2D eigenvalue weighted by Gasteiger charge is -2.16. The van der Waals surface area contributed by atoms with Crippen molar-refractivity contribution in [3.63, 3.8) is 0 Å². The van der Waals surface area contributed by atoms with Crippen molar-refractivity contribution in [1.29, 1.82) is 0 Å². The molecule has 1 unspecified atom stereocenters. The van der Waals surface area contributed by atoms with Crippen molar-refractivity contribution in [1.82, 2.24) is 10.4 Å². The van der Waals surface area contributed by atoms with Gasteiger partial charge in [0.25, 0.3) is 0 Å². The van der Waals surface area contributed by atoms with Gasteiger partial charge in [-0.3, -0.25) is 16.3 Å². The number of nitrogens with zero attached hydrogens (tertiary/aromatic N) is 1. The van der Waals surface area contributed by atoms with E-state index in [1.807, 2.05) is 12.3 Å². The average Bonchev–Trinajstić information content (AvgIpc) is 2.92. The fourth-order valence-electron chi connectivity index (χ4n) is 2.40. The van der Waals surface area contributed by atoms with E-state index < -0.39 is 0 Å². The maximum Gasteiger partial charge on any atom is 0.0809 e. The SMILES string of the molecule is Cc1cccc(CC(NN)c2cnc3ccsc3c2)c1. The quantitative estimate of drug-likeness (QED) is 0.570. The fraction of sp³-hybridized carbons (Fsp3) is 0.188. The summed E-state index contributed by atoms with van der Waals surface area (Å²) in [5.74, 6) is 5.74. The molecule has 1 aromatic carbocycles. The van der Waals surface area contributed by atoms with Crippen LogP contribution in [-0.2, 0) is 6.42 Å². The Hall–Kier alpha value is -1.75. The molecule has 0 saturated carbocycles. The summed E-state index contributed by atoms with van der Waals surface area (Å²) in [6.45, 7) is 2.10. The van der Waals surface area contributed by atoms with Gasteiger partial charge in [0.2, 0.25) is 0 Å². The molecule has 0 aliphatic rings. The minimum Gasteiger partial charge on any atom is -0.271 e. The third kappa shape index (κ3) is 2.72. The van der Waals surface area contributed by atoms with Crippen molar-refractivity contribution in [3.05, 3.63) is 64.7 Å². The predicted octanol–water partition coefficient (Wildman–Crippen LogP) is 3.35. The Kier molecular flexibility index (Phi) is 3.78. The van der Waals surface area contributed by atoms with Gasteiger partial charge in [0, 0.05) is 6.20 Å². The first kappa shape index (κ1) is 13.2. The molecule has 3 nitrogen and oxygen atoms in total. The average molecular weight is 283 g/mol. The van der Waals surface area contributed by atoms with Gasteiger partial charge < -0.3 is 0 Å². The lowest BCUT2D eigenvalue weighted by atomic mass is 9.99. The molecule has 3 N–H and O–H groups in total. The highest BCUT2D eigenvalue weighted by Crippen LogP contribution is 2.24. The standard InChI is InChI=1S/C16H17N3S/c1-11-3-2-4-12(7-11)8-15(19-17)13-9-16-14(18-10-13)5-6-20-16/h2-7,9-10,15,19H,8,17H2,1H3. The molecule has 20 heavy (non-hydrogen) atoms. The second kappa shape index (κ2) is 5.71. The van der Waals surface area contributed by atoms with Crippen LogP contribution >= 0.6 is 11.3 Å². The van der Waals surface area contributed by atoms with Crippen molar-refractivity contribution in [2.75, 3.05) is 0 Å². The topological polar surface area (TPSA) is 50.9 Å². The molecule has 0 aliphatic heterocycles. The van der Waals surface area contributed by atoms with Gasteiger partial charge in [-0.25, -0.2) is 0 Å². The number of aryl methyl sites for hydroxylation is 1. The zero-order valence-electron chi connectivity index (χ0n) is 11.3. The first-order chi connectivity index (χ1) is 9.76. The van der Waals surface area contributed by atoms with Crippen molar-refractivity contribution < 1.29 is 0 Å². The third-order valence-electron chi connectivity index (χ3n) is 3.45. The predicted molar refractivity (Wildman–Crippen MR) is 84.6 cm³/mol. The highest BCUT2D eigenvalue weighted by molar-refractivity contribution is 7.17. The van der Waals surface area contributed by atoms with E-state index in [9.17, 15) is 0 Å². The van der Waals surface area contributed by atoms with E-state index in [0.29, 0.717) is 0 Å². The monoisotopic (exact) mass is 283 g/mol. The van der Waals surface area contributed by atoms with Crippen LogP contribution in [0.1, 0.15) is 22.7 Å². The molecule has 0 radical (unpaired) electrons. The summed E-state index contributed by atoms with van der Waals surface area (Å²) < 4.78 is 1.20. The molecule has 0 bridgehead atoms. The highest BCUT2D eigenvalue weighted by Gasteiger charge is 2.12. The smallest absolute Gasteiger partial charge is 0.0809 e. The van der Waals surface area contributed by atoms with Crippen molar-refractivity contribution in [2.24, 2.45) is 5.84 Å². The van der Waals surface area contributed by atoms with Crippen LogP contribution in [-0.4, -0.2) is 4.98 Å². The van der Waals surface area contributed by atoms with Crippen LogP contribution in [0.25, 0.3) is 10.2 Å². The second-order valence-corrected chi connectivity index (χ2v) is 5.93. The lowest BCUT2D eigenvalue weighted by molar-refractivity contribution is 0.551. The molecule has 0 fully saturated rings. The number of hydrogen-bond donors (Lipinski definition) is 2. The van der Waals surface area contributed by atoms with Gasteiger partial charge in [-0.05, 0) is 42.0 Å². The van der Waals surface area contributed by atoms with E-state index in [1.165, 1.54) is 15.8 Å². The fourth-order valence-corrected chi connectivity index (χ4v) is 3.19. The number of fused-ring (bicyclic) bond motifs is 1.